The van der Waals surface area contributed by atoms with E-state index >= 15 is 0 Å². The topological polar surface area (TPSA) is 71.3 Å². The summed E-state index contributed by atoms with van der Waals surface area (Å²) >= 11 is 0. The fraction of sp³-hybridized carbons (Fsp3) is 0.429. The van der Waals surface area contributed by atoms with Crippen molar-refractivity contribution in [3.05, 3.63) is 23.8 Å². The van der Waals surface area contributed by atoms with Crippen molar-refractivity contribution in [3.8, 4) is 17.6 Å². The minimum Gasteiger partial charge on any atom is -0.493 e. The number of carbonyl (C=O) groups excluding carboxylic acids is 1. The van der Waals surface area contributed by atoms with Crippen LogP contribution in [-0.2, 0) is 0 Å². The van der Waals surface area contributed by atoms with Crippen molar-refractivity contribution in [2.75, 3.05) is 14.2 Å². The lowest BCUT2D eigenvalue weighted by atomic mass is 10.1. The van der Waals surface area contributed by atoms with E-state index in [4.69, 9.17) is 14.7 Å². The van der Waals surface area contributed by atoms with Crippen LogP contribution in [0.4, 0.5) is 0 Å². The number of methoxy groups -OCH3 is 2. The monoisotopic (exact) mass is 260 g/mol. The van der Waals surface area contributed by atoms with Gasteiger partial charge in [0.1, 0.15) is 6.04 Å². The van der Waals surface area contributed by atoms with Gasteiger partial charge in [0.15, 0.2) is 11.5 Å². The number of amides is 1. The molecule has 1 aromatic carbocycles. The van der Waals surface area contributed by atoms with Crippen LogP contribution in [0.2, 0.25) is 0 Å². The van der Waals surface area contributed by atoms with Gasteiger partial charge < -0.3 is 14.8 Å². The van der Waals surface area contributed by atoms with Gasteiger partial charge in [-0.05, 0) is 37.0 Å². The van der Waals surface area contributed by atoms with Gasteiger partial charge in [-0.25, -0.2) is 0 Å². The van der Waals surface area contributed by atoms with Crippen LogP contribution in [0.5, 0.6) is 11.5 Å². The molecular weight excluding hydrogens is 244 g/mol. The first-order chi connectivity index (χ1) is 9.19. The smallest absolute Gasteiger partial charge is 0.252 e. The molecule has 0 saturated heterocycles. The molecule has 0 aliphatic heterocycles. The van der Waals surface area contributed by atoms with Crippen molar-refractivity contribution in [2.45, 2.75) is 18.9 Å². The molecule has 5 heteroatoms. The van der Waals surface area contributed by atoms with Crippen LogP contribution < -0.4 is 14.8 Å². The second kappa shape index (κ2) is 5.61. The molecule has 0 aromatic heterocycles. The second-order valence-electron chi connectivity index (χ2n) is 4.49. The molecule has 1 N–H and O–H groups in total. The van der Waals surface area contributed by atoms with Crippen molar-refractivity contribution in [1.29, 1.82) is 5.26 Å². The molecule has 1 fully saturated rings. The molecule has 100 valence electrons. The van der Waals surface area contributed by atoms with Gasteiger partial charge in [0.25, 0.3) is 5.91 Å². The summed E-state index contributed by atoms with van der Waals surface area (Å²) in [5, 5.41) is 11.7. The first-order valence-electron chi connectivity index (χ1n) is 6.12. The maximum Gasteiger partial charge on any atom is 0.252 e. The molecule has 2 rings (SSSR count). The summed E-state index contributed by atoms with van der Waals surface area (Å²) in [5.74, 6) is 1.10. The SMILES string of the molecule is COc1ccc(C(=O)NC(C#N)C2CC2)cc1OC. The van der Waals surface area contributed by atoms with Gasteiger partial charge in [0, 0.05) is 5.56 Å². The molecule has 0 heterocycles. The normalized spacial score (nSPS) is 15.2. The van der Waals surface area contributed by atoms with Gasteiger partial charge in [-0.1, -0.05) is 0 Å². The number of carbonyl (C=O) groups is 1. The van der Waals surface area contributed by atoms with Crippen molar-refractivity contribution >= 4 is 5.91 Å². The maximum absolute atomic E-state index is 12.1. The zero-order valence-corrected chi connectivity index (χ0v) is 11.0. The lowest BCUT2D eigenvalue weighted by Crippen LogP contribution is -2.35. The van der Waals surface area contributed by atoms with Crippen LogP contribution in [0.15, 0.2) is 18.2 Å². The highest BCUT2D eigenvalue weighted by atomic mass is 16.5. The summed E-state index contributed by atoms with van der Waals surface area (Å²) in [6.45, 7) is 0. The van der Waals surface area contributed by atoms with Crippen LogP contribution in [0.25, 0.3) is 0 Å². The first-order valence-corrected chi connectivity index (χ1v) is 6.12. The van der Waals surface area contributed by atoms with E-state index < -0.39 is 6.04 Å². The summed E-state index contributed by atoms with van der Waals surface area (Å²) in [7, 11) is 3.05. The van der Waals surface area contributed by atoms with Gasteiger partial charge >= 0.3 is 0 Å². The fourth-order valence-corrected chi connectivity index (χ4v) is 1.89. The Morgan fingerprint density at radius 1 is 1.37 bits per heavy atom. The number of nitrogens with one attached hydrogen (secondary N) is 1. The molecule has 1 aliphatic rings. The number of rotatable bonds is 5. The van der Waals surface area contributed by atoms with Gasteiger partial charge in [-0.3, -0.25) is 4.79 Å². The average Bonchev–Trinajstić information content (AvgIpc) is 3.28. The molecule has 1 aliphatic carbocycles. The first kappa shape index (κ1) is 13.2. The predicted molar refractivity (Wildman–Crippen MR) is 69.1 cm³/mol. The van der Waals surface area contributed by atoms with E-state index in [1.807, 2.05) is 0 Å². The highest BCUT2D eigenvalue weighted by molar-refractivity contribution is 5.95. The quantitative estimate of drug-likeness (QED) is 0.875. The molecule has 1 atom stereocenters. The van der Waals surface area contributed by atoms with Crippen LogP contribution in [0, 0.1) is 17.2 Å². The molecule has 0 bridgehead atoms. The molecule has 1 saturated carbocycles. The van der Waals surface area contributed by atoms with Crippen LogP contribution >= 0.6 is 0 Å². The van der Waals surface area contributed by atoms with Gasteiger partial charge in [0.05, 0.1) is 20.3 Å². The lowest BCUT2D eigenvalue weighted by molar-refractivity contribution is 0.0941. The molecule has 0 spiro atoms. The molecule has 0 radical (unpaired) electrons. The standard InChI is InChI=1S/C14H16N2O3/c1-18-12-6-5-10(7-13(12)19-2)14(17)16-11(8-15)9-3-4-9/h5-7,9,11H,3-4H2,1-2H3,(H,16,17). The van der Waals surface area contributed by atoms with E-state index in [0.29, 0.717) is 23.0 Å². The van der Waals surface area contributed by atoms with E-state index in [0.717, 1.165) is 12.8 Å². The largest absolute Gasteiger partial charge is 0.493 e. The Hall–Kier alpha value is -2.22. The van der Waals surface area contributed by atoms with Gasteiger partial charge in [-0.2, -0.15) is 5.26 Å². The Bertz CT molecular complexity index is 518. The highest BCUT2D eigenvalue weighted by Crippen LogP contribution is 2.32. The average molecular weight is 260 g/mol. The minimum atomic E-state index is -0.402. The highest BCUT2D eigenvalue weighted by Gasteiger charge is 2.32. The van der Waals surface area contributed by atoms with Crippen molar-refractivity contribution in [1.82, 2.24) is 5.32 Å². The number of benzene rings is 1. The third-order valence-electron chi connectivity index (χ3n) is 3.16. The molecular formula is C14H16N2O3. The number of hydrogen-bond donors (Lipinski definition) is 1. The molecule has 1 aromatic rings. The minimum absolute atomic E-state index is 0.264. The molecule has 19 heavy (non-hydrogen) atoms. The summed E-state index contributed by atoms with van der Waals surface area (Å²) in [5.41, 5.74) is 0.457. The van der Waals surface area contributed by atoms with E-state index in [-0.39, 0.29) is 5.91 Å². The van der Waals surface area contributed by atoms with Crippen molar-refractivity contribution < 1.29 is 14.3 Å². The number of nitriles is 1. The number of nitrogens with zero attached hydrogens (tertiary/aromatic N) is 1. The Morgan fingerprint density at radius 2 is 2.05 bits per heavy atom. The summed E-state index contributed by atoms with van der Waals surface area (Å²) < 4.78 is 10.3. The Labute approximate surface area is 112 Å². The van der Waals surface area contributed by atoms with Crippen molar-refractivity contribution in [2.24, 2.45) is 5.92 Å². The summed E-state index contributed by atoms with van der Waals surface area (Å²) in [6, 6.07) is 6.66. The van der Waals surface area contributed by atoms with Crippen LogP contribution in [0.1, 0.15) is 23.2 Å². The van der Waals surface area contributed by atoms with E-state index in [1.165, 1.54) is 14.2 Å². The molecule has 1 unspecified atom stereocenters. The van der Waals surface area contributed by atoms with E-state index in [1.54, 1.807) is 18.2 Å². The zero-order valence-electron chi connectivity index (χ0n) is 11.0. The third-order valence-corrected chi connectivity index (χ3v) is 3.16. The predicted octanol–water partition coefficient (Wildman–Crippen LogP) is 1.74. The third kappa shape index (κ3) is 2.97. The lowest BCUT2D eigenvalue weighted by Gasteiger charge is -2.12. The number of hydrogen-bond acceptors (Lipinski definition) is 4. The molecule has 5 nitrogen and oxygen atoms in total. The van der Waals surface area contributed by atoms with Crippen LogP contribution in [0.3, 0.4) is 0 Å². The van der Waals surface area contributed by atoms with Crippen LogP contribution in [-0.4, -0.2) is 26.2 Å². The number of ether oxygens (including phenoxy) is 2. The zero-order chi connectivity index (χ0) is 13.8. The maximum atomic E-state index is 12.1. The van der Waals surface area contributed by atoms with E-state index in [2.05, 4.69) is 11.4 Å². The summed E-state index contributed by atoms with van der Waals surface area (Å²) in [4.78, 5) is 12.1. The second-order valence-corrected chi connectivity index (χ2v) is 4.49. The Balaban J connectivity index is 2.12. The summed E-state index contributed by atoms with van der Waals surface area (Å²) in [6.07, 6.45) is 2.01. The fourth-order valence-electron chi connectivity index (χ4n) is 1.89. The Kier molecular flexibility index (Phi) is 3.91. The van der Waals surface area contributed by atoms with Gasteiger partial charge in [-0.15, -0.1) is 0 Å². The van der Waals surface area contributed by atoms with Gasteiger partial charge in [0.2, 0.25) is 0 Å². The van der Waals surface area contributed by atoms with Crippen molar-refractivity contribution in [3.63, 3.8) is 0 Å². The van der Waals surface area contributed by atoms with E-state index in [9.17, 15) is 4.79 Å². The molecule has 1 amide bonds. The Morgan fingerprint density at radius 3 is 2.58 bits per heavy atom.